The van der Waals surface area contributed by atoms with Crippen LogP contribution in [-0.4, -0.2) is 41.0 Å². The number of hydrogen-bond acceptors (Lipinski definition) is 6. The lowest BCUT2D eigenvalue weighted by Gasteiger charge is -2.21. The van der Waals surface area contributed by atoms with Gasteiger partial charge in [0.2, 0.25) is 5.91 Å². The molecule has 174 valence electrons. The summed E-state index contributed by atoms with van der Waals surface area (Å²) in [5.41, 5.74) is 3.52. The maximum absolute atomic E-state index is 13.0. The molecule has 8 heteroatoms. The molecule has 0 aliphatic heterocycles. The van der Waals surface area contributed by atoms with Crippen molar-refractivity contribution in [2.75, 3.05) is 16.8 Å². The standard InChI is InChI=1S/C27H20N2O5S/c1-16(30)28(2)18-9-7-17(8-10-18)13-24(31)27(34)29(15-35)19-11-12-22-23(14-19)26(33)21-6-4-3-5-20(21)25(22)32/h3-15,31H,1-2H3/b24-13+. The number of amides is 2. The van der Waals surface area contributed by atoms with Crippen molar-refractivity contribution in [2.45, 2.75) is 6.92 Å². The summed E-state index contributed by atoms with van der Waals surface area (Å²) in [6.07, 6.45) is 1.27. The molecule has 1 N–H and O–H groups in total. The van der Waals surface area contributed by atoms with E-state index in [9.17, 15) is 24.3 Å². The van der Waals surface area contributed by atoms with E-state index in [1.165, 1.54) is 36.1 Å². The minimum absolute atomic E-state index is 0.128. The van der Waals surface area contributed by atoms with Crippen molar-refractivity contribution >= 4 is 58.5 Å². The molecule has 0 aromatic heterocycles. The molecule has 0 saturated carbocycles. The van der Waals surface area contributed by atoms with Crippen molar-refractivity contribution in [3.63, 3.8) is 0 Å². The van der Waals surface area contributed by atoms with Gasteiger partial charge >= 0.3 is 0 Å². The van der Waals surface area contributed by atoms with Crippen LogP contribution in [0.15, 0.2) is 72.5 Å². The SMILES string of the molecule is CC(=O)N(C)c1ccc(/C=C(/O)C(=O)N(C=S)c2ccc3c(c2)C(=O)c2ccccc2C3=O)cc1. The smallest absolute Gasteiger partial charge is 0.297 e. The third-order valence-electron chi connectivity index (χ3n) is 5.79. The number of aliphatic hydroxyl groups excluding tert-OH is 1. The Kier molecular flexibility index (Phi) is 6.40. The lowest BCUT2D eigenvalue weighted by atomic mass is 9.84. The molecule has 35 heavy (non-hydrogen) atoms. The molecule has 4 rings (SSSR count). The van der Waals surface area contributed by atoms with Crippen LogP contribution in [0.3, 0.4) is 0 Å². The summed E-state index contributed by atoms with van der Waals surface area (Å²) in [5.74, 6) is -2.12. The summed E-state index contributed by atoms with van der Waals surface area (Å²) in [6, 6.07) is 17.6. The van der Waals surface area contributed by atoms with Crippen LogP contribution in [0.25, 0.3) is 6.08 Å². The van der Waals surface area contributed by atoms with Gasteiger partial charge in [-0.2, -0.15) is 0 Å². The molecular formula is C27H20N2O5S. The van der Waals surface area contributed by atoms with Gasteiger partial charge < -0.3 is 10.0 Å². The van der Waals surface area contributed by atoms with E-state index in [4.69, 9.17) is 12.2 Å². The number of thiocarbonyl (C=S) groups is 1. The number of ketones is 2. The fraction of sp³-hybridized carbons (Fsp3) is 0.0741. The molecule has 1 aliphatic rings. The normalized spacial score (nSPS) is 12.5. The predicted octanol–water partition coefficient (Wildman–Crippen LogP) is 4.33. The van der Waals surface area contributed by atoms with Crippen LogP contribution in [-0.2, 0) is 9.59 Å². The summed E-state index contributed by atoms with van der Waals surface area (Å²) in [5, 5.41) is 10.5. The highest BCUT2D eigenvalue weighted by Gasteiger charge is 2.30. The molecule has 0 bridgehead atoms. The van der Waals surface area contributed by atoms with Gasteiger partial charge in [0.1, 0.15) is 0 Å². The number of fused-ring (bicyclic) bond motifs is 2. The van der Waals surface area contributed by atoms with E-state index in [1.54, 1.807) is 55.6 Å². The molecule has 0 radical (unpaired) electrons. The third kappa shape index (κ3) is 4.39. The Morgan fingerprint density at radius 2 is 1.37 bits per heavy atom. The molecule has 0 saturated heterocycles. The number of hydrogen-bond donors (Lipinski definition) is 1. The largest absolute Gasteiger partial charge is 0.503 e. The van der Waals surface area contributed by atoms with E-state index in [1.807, 2.05) is 0 Å². The maximum atomic E-state index is 13.0. The van der Waals surface area contributed by atoms with Crippen LogP contribution >= 0.6 is 12.2 Å². The maximum Gasteiger partial charge on any atom is 0.297 e. The number of anilines is 2. The summed E-state index contributed by atoms with van der Waals surface area (Å²) in [7, 11) is 1.64. The van der Waals surface area contributed by atoms with E-state index in [0.717, 1.165) is 10.4 Å². The summed E-state index contributed by atoms with van der Waals surface area (Å²) in [4.78, 5) is 52.8. The molecule has 0 spiro atoms. The Labute approximate surface area is 206 Å². The average Bonchev–Trinajstić information content (AvgIpc) is 2.87. The minimum atomic E-state index is -0.806. The van der Waals surface area contributed by atoms with Crippen LogP contribution < -0.4 is 9.80 Å². The molecule has 1 aliphatic carbocycles. The zero-order valence-corrected chi connectivity index (χ0v) is 19.7. The van der Waals surface area contributed by atoms with Crippen molar-refractivity contribution in [2.24, 2.45) is 0 Å². The van der Waals surface area contributed by atoms with Crippen LogP contribution in [0.2, 0.25) is 0 Å². The van der Waals surface area contributed by atoms with Gasteiger partial charge in [0.25, 0.3) is 5.91 Å². The Balaban J connectivity index is 1.62. The number of aliphatic hydroxyl groups is 1. The fourth-order valence-electron chi connectivity index (χ4n) is 3.78. The molecule has 0 heterocycles. The third-order valence-corrected chi connectivity index (χ3v) is 6.00. The van der Waals surface area contributed by atoms with Crippen molar-refractivity contribution in [3.8, 4) is 0 Å². The Hall–Kier alpha value is -4.43. The lowest BCUT2D eigenvalue weighted by molar-refractivity contribution is -0.117. The highest BCUT2D eigenvalue weighted by molar-refractivity contribution is 7.79. The molecular weight excluding hydrogens is 464 g/mol. The first-order valence-corrected chi connectivity index (χ1v) is 11.1. The van der Waals surface area contributed by atoms with Gasteiger partial charge in [-0.25, -0.2) is 0 Å². The Bertz CT molecular complexity index is 1430. The van der Waals surface area contributed by atoms with Crippen molar-refractivity contribution < 1.29 is 24.3 Å². The second kappa shape index (κ2) is 9.44. The monoisotopic (exact) mass is 484 g/mol. The van der Waals surface area contributed by atoms with E-state index in [2.05, 4.69) is 0 Å². The van der Waals surface area contributed by atoms with Gasteiger partial charge in [-0.3, -0.25) is 24.1 Å². The highest BCUT2D eigenvalue weighted by atomic mass is 32.1. The predicted molar refractivity (Wildman–Crippen MR) is 137 cm³/mol. The lowest BCUT2D eigenvalue weighted by Crippen LogP contribution is -2.30. The molecule has 0 unspecified atom stereocenters. The van der Waals surface area contributed by atoms with E-state index in [-0.39, 0.29) is 34.3 Å². The number of benzene rings is 3. The summed E-state index contributed by atoms with van der Waals surface area (Å²) < 4.78 is 0. The molecule has 0 fully saturated rings. The van der Waals surface area contributed by atoms with E-state index in [0.29, 0.717) is 22.4 Å². The zero-order chi connectivity index (χ0) is 25.3. The fourth-order valence-corrected chi connectivity index (χ4v) is 4.00. The number of nitrogens with zero attached hydrogens (tertiary/aromatic N) is 2. The number of rotatable bonds is 5. The van der Waals surface area contributed by atoms with Crippen molar-refractivity contribution in [1.82, 2.24) is 0 Å². The number of carbonyl (C=O) groups excluding carboxylic acids is 4. The Morgan fingerprint density at radius 1 is 0.829 bits per heavy atom. The van der Waals surface area contributed by atoms with Crippen LogP contribution in [0, 0.1) is 0 Å². The first-order chi connectivity index (χ1) is 16.7. The highest BCUT2D eigenvalue weighted by Crippen LogP contribution is 2.30. The number of carbonyl (C=O) groups is 4. The minimum Gasteiger partial charge on any atom is -0.503 e. The van der Waals surface area contributed by atoms with Gasteiger partial charge in [-0.15, -0.1) is 0 Å². The van der Waals surface area contributed by atoms with E-state index >= 15 is 0 Å². The van der Waals surface area contributed by atoms with Crippen molar-refractivity contribution in [1.29, 1.82) is 0 Å². The van der Waals surface area contributed by atoms with Crippen LogP contribution in [0.1, 0.15) is 44.3 Å². The molecule has 0 atom stereocenters. The summed E-state index contributed by atoms with van der Waals surface area (Å²) in [6.45, 7) is 1.45. The summed E-state index contributed by atoms with van der Waals surface area (Å²) >= 11 is 5.01. The van der Waals surface area contributed by atoms with Gasteiger partial charge in [-0.05, 0) is 42.0 Å². The average molecular weight is 485 g/mol. The quantitative estimate of drug-likeness (QED) is 0.257. The van der Waals surface area contributed by atoms with E-state index < -0.39 is 11.7 Å². The van der Waals surface area contributed by atoms with Gasteiger partial charge in [0.05, 0.1) is 11.2 Å². The molecule has 3 aromatic carbocycles. The van der Waals surface area contributed by atoms with Gasteiger partial charge in [-0.1, -0.05) is 48.6 Å². The first-order valence-electron chi connectivity index (χ1n) is 10.6. The van der Waals surface area contributed by atoms with Crippen LogP contribution in [0.4, 0.5) is 11.4 Å². The Morgan fingerprint density at radius 3 is 1.94 bits per heavy atom. The van der Waals surface area contributed by atoms with Gasteiger partial charge in [0, 0.05) is 41.9 Å². The molecule has 7 nitrogen and oxygen atoms in total. The van der Waals surface area contributed by atoms with Gasteiger partial charge in [0.15, 0.2) is 17.3 Å². The molecule has 3 aromatic rings. The van der Waals surface area contributed by atoms with Crippen LogP contribution in [0.5, 0.6) is 0 Å². The second-order valence-corrected chi connectivity index (χ2v) is 8.12. The second-order valence-electron chi connectivity index (χ2n) is 7.91. The topological polar surface area (TPSA) is 95.0 Å². The molecule has 2 amide bonds. The first kappa shape index (κ1) is 23.7. The van der Waals surface area contributed by atoms with Crippen molar-refractivity contribution in [3.05, 3.63) is 100 Å². The zero-order valence-electron chi connectivity index (χ0n) is 18.9.